The zero-order chi connectivity index (χ0) is 14.8. The quantitative estimate of drug-likeness (QED) is 0.758. The smallest absolute Gasteiger partial charge is 0.150 e. The zero-order valence-electron chi connectivity index (χ0n) is 11.8. The highest BCUT2D eigenvalue weighted by Gasteiger charge is 1.98. The Morgan fingerprint density at radius 2 is 2.06 bits per heavy atom. The maximum atomic E-state index is 13.1. The lowest BCUT2D eigenvalue weighted by Gasteiger charge is -2.06. The highest BCUT2D eigenvalue weighted by atomic mass is 19.1. The lowest BCUT2D eigenvalue weighted by molar-refractivity contribution is 0.112. The summed E-state index contributed by atoms with van der Waals surface area (Å²) in [6, 6.07) is 10.6. The molecule has 0 atom stereocenters. The lowest BCUT2D eigenvalue weighted by Crippen LogP contribution is -1.95. The normalized spacial score (nSPS) is 13.4. The molecule has 0 radical (unpaired) electrons. The minimum absolute atomic E-state index is 0.0538. The summed E-state index contributed by atoms with van der Waals surface area (Å²) in [6.07, 6.45) is -0.829. The van der Waals surface area contributed by atoms with Crippen molar-refractivity contribution in [3.8, 4) is 5.75 Å². The van der Waals surface area contributed by atoms with Gasteiger partial charge in [0.1, 0.15) is 25.8 Å². The van der Waals surface area contributed by atoms with Crippen molar-refractivity contribution in [3.05, 3.63) is 65.5 Å². The van der Waals surface area contributed by atoms with Crippen LogP contribution in [0.3, 0.4) is 0 Å². The van der Waals surface area contributed by atoms with E-state index < -0.39 is 18.6 Å². The molecule has 0 aliphatic carbocycles. The number of carbonyl (C=O) groups excluding carboxylic acids is 1. The standard InChI is InChI=1S/C14H11FO2/c15-13-3-1-2-12(8-13)10-17-14-6-4-11(9-16)5-7-14/h1-9H,10H2/i9D,10D2. The SMILES string of the molecule is [2H]C(=O)c1ccc(OC([2H])([2H])c2cccc(F)c2)cc1. The van der Waals surface area contributed by atoms with Gasteiger partial charge in [-0.3, -0.25) is 4.79 Å². The van der Waals surface area contributed by atoms with Gasteiger partial charge in [-0.25, -0.2) is 4.39 Å². The Morgan fingerprint density at radius 3 is 2.71 bits per heavy atom. The molecular formula is C14H11FO2. The number of carbonyl (C=O) groups is 1. The summed E-state index contributed by atoms with van der Waals surface area (Å²) in [5.74, 6) is -0.366. The Kier molecular flexibility index (Phi) is 2.47. The van der Waals surface area contributed by atoms with Crippen molar-refractivity contribution < 1.29 is 18.0 Å². The van der Waals surface area contributed by atoms with E-state index >= 15 is 0 Å². The molecule has 0 saturated heterocycles. The Labute approximate surface area is 103 Å². The van der Waals surface area contributed by atoms with Crippen molar-refractivity contribution in [1.82, 2.24) is 0 Å². The van der Waals surface area contributed by atoms with Gasteiger partial charge >= 0.3 is 0 Å². The first-order valence-electron chi connectivity index (χ1n) is 6.44. The molecule has 0 aromatic heterocycles. The second-order valence-electron chi connectivity index (χ2n) is 3.34. The van der Waals surface area contributed by atoms with Crippen LogP contribution in [0.4, 0.5) is 4.39 Å². The largest absolute Gasteiger partial charge is 0.489 e. The molecule has 0 amide bonds. The van der Waals surface area contributed by atoms with Crippen molar-refractivity contribution in [2.24, 2.45) is 0 Å². The van der Waals surface area contributed by atoms with Crippen LogP contribution in [0.1, 0.15) is 20.0 Å². The van der Waals surface area contributed by atoms with Gasteiger partial charge in [-0.05, 0) is 42.0 Å². The summed E-state index contributed by atoms with van der Waals surface area (Å²) in [6.45, 7) is -2.20. The van der Waals surface area contributed by atoms with Crippen molar-refractivity contribution in [1.29, 1.82) is 0 Å². The van der Waals surface area contributed by atoms with Crippen LogP contribution in [0.2, 0.25) is 0 Å². The highest BCUT2D eigenvalue weighted by Crippen LogP contribution is 2.13. The Bertz CT molecular complexity index is 627. The molecule has 2 aromatic rings. The van der Waals surface area contributed by atoms with Crippen LogP contribution in [0.25, 0.3) is 0 Å². The van der Waals surface area contributed by atoms with E-state index in [4.69, 9.17) is 8.85 Å². The topological polar surface area (TPSA) is 26.3 Å². The predicted molar refractivity (Wildman–Crippen MR) is 62.6 cm³/mol. The number of aldehydes is 1. The first-order chi connectivity index (χ1) is 9.38. The van der Waals surface area contributed by atoms with E-state index in [1.165, 1.54) is 42.5 Å². The van der Waals surface area contributed by atoms with E-state index in [9.17, 15) is 9.18 Å². The summed E-state index contributed by atoms with van der Waals surface area (Å²) in [5, 5.41) is 0. The third kappa shape index (κ3) is 3.14. The number of hydrogen-bond donors (Lipinski definition) is 0. The molecule has 0 N–H and O–H groups in total. The van der Waals surface area contributed by atoms with Crippen molar-refractivity contribution in [3.63, 3.8) is 0 Å². The van der Waals surface area contributed by atoms with E-state index in [0.717, 1.165) is 6.07 Å². The molecule has 0 bridgehead atoms. The van der Waals surface area contributed by atoms with Crippen LogP contribution in [-0.4, -0.2) is 6.26 Å². The average molecular weight is 233 g/mol. The molecule has 0 heterocycles. The number of ether oxygens (including phenoxy) is 1. The van der Waals surface area contributed by atoms with Gasteiger partial charge in [0.25, 0.3) is 0 Å². The van der Waals surface area contributed by atoms with Crippen molar-refractivity contribution in [2.75, 3.05) is 0 Å². The summed E-state index contributed by atoms with van der Waals surface area (Å²) >= 11 is 0. The second-order valence-corrected chi connectivity index (χ2v) is 3.34. The molecular weight excluding hydrogens is 219 g/mol. The molecule has 0 fully saturated rings. The number of hydrogen-bond acceptors (Lipinski definition) is 2. The minimum atomic E-state index is -2.20. The number of benzene rings is 2. The summed E-state index contributed by atoms with van der Waals surface area (Å²) < 4.78 is 40.8. The van der Waals surface area contributed by atoms with Crippen LogP contribution in [0.5, 0.6) is 5.75 Å². The van der Waals surface area contributed by atoms with Gasteiger partial charge in [0, 0.05) is 5.56 Å². The molecule has 0 saturated carbocycles. The summed E-state index contributed by atoms with van der Waals surface area (Å²) in [7, 11) is 0. The third-order valence-electron chi connectivity index (χ3n) is 2.08. The van der Waals surface area contributed by atoms with E-state index in [1.807, 2.05) is 0 Å². The Hall–Kier alpha value is -2.16. The van der Waals surface area contributed by atoms with E-state index in [0.29, 0.717) is 0 Å². The molecule has 2 nitrogen and oxygen atoms in total. The maximum Gasteiger partial charge on any atom is 0.150 e. The fraction of sp³-hybridized carbons (Fsp3) is 0.0714. The van der Waals surface area contributed by atoms with Gasteiger partial charge in [0.15, 0.2) is 0 Å². The molecule has 0 aliphatic rings. The monoisotopic (exact) mass is 233 g/mol. The number of rotatable bonds is 4. The van der Waals surface area contributed by atoms with Gasteiger partial charge in [-0.2, -0.15) is 0 Å². The number of halogens is 1. The summed E-state index contributed by atoms with van der Waals surface area (Å²) in [5.41, 5.74) is 0.238. The fourth-order valence-electron chi connectivity index (χ4n) is 1.26. The molecule has 17 heavy (non-hydrogen) atoms. The zero-order valence-corrected chi connectivity index (χ0v) is 8.81. The third-order valence-corrected chi connectivity index (χ3v) is 2.08. The van der Waals surface area contributed by atoms with Gasteiger partial charge in [-0.15, -0.1) is 0 Å². The molecule has 0 spiro atoms. The van der Waals surface area contributed by atoms with Crippen molar-refractivity contribution in [2.45, 2.75) is 6.56 Å². The molecule has 3 heteroatoms. The molecule has 0 unspecified atom stereocenters. The fourth-order valence-corrected chi connectivity index (χ4v) is 1.26. The van der Waals surface area contributed by atoms with Gasteiger partial charge in [-0.1, -0.05) is 12.1 Å². The van der Waals surface area contributed by atoms with Gasteiger partial charge in [0.2, 0.25) is 0 Å². The summed E-state index contributed by atoms with van der Waals surface area (Å²) in [4.78, 5) is 10.8. The van der Waals surface area contributed by atoms with Crippen LogP contribution >= 0.6 is 0 Å². The van der Waals surface area contributed by atoms with Crippen LogP contribution in [-0.2, 0) is 6.56 Å². The average Bonchev–Trinajstić information content (AvgIpc) is 2.39. The molecule has 86 valence electrons. The van der Waals surface area contributed by atoms with E-state index in [1.54, 1.807) is 0 Å². The second kappa shape index (κ2) is 5.25. The van der Waals surface area contributed by atoms with Gasteiger partial charge < -0.3 is 4.74 Å². The lowest BCUT2D eigenvalue weighted by atomic mass is 10.2. The molecule has 0 aliphatic heterocycles. The minimum Gasteiger partial charge on any atom is -0.489 e. The van der Waals surface area contributed by atoms with Crippen LogP contribution < -0.4 is 4.74 Å². The van der Waals surface area contributed by atoms with Crippen LogP contribution in [0.15, 0.2) is 48.5 Å². The first-order valence-corrected chi connectivity index (χ1v) is 4.94. The maximum absolute atomic E-state index is 13.1. The van der Waals surface area contributed by atoms with E-state index in [2.05, 4.69) is 0 Å². The van der Waals surface area contributed by atoms with Crippen molar-refractivity contribution >= 4 is 6.26 Å². The first kappa shape index (κ1) is 8.01. The Balaban J connectivity index is 2.21. The van der Waals surface area contributed by atoms with Crippen LogP contribution in [0, 0.1) is 5.82 Å². The molecule has 2 rings (SSSR count). The predicted octanol–water partition coefficient (Wildman–Crippen LogP) is 3.22. The van der Waals surface area contributed by atoms with E-state index in [-0.39, 0.29) is 16.9 Å². The van der Waals surface area contributed by atoms with Gasteiger partial charge in [0.05, 0.1) is 2.74 Å². The molecule has 2 aromatic carbocycles. The highest BCUT2D eigenvalue weighted by molar-refractivity contribution is 5.74. The Morgan fingerprint density at radius 1 is 1.29 bits per heavy atom.